The Bertz CT molecular complexity index is 797. The Balaban J connectivity index is 2.25. The minimum absolute atomic E-state index is 0.464. The quantitative estimate of drug-likeness (QED) is 0.710. The molecule has 0 atom stereocenters. The number of nitrogens with two attached hydrogens (primary N) is 1. The van der Waals surface area contributed by atoms with Crippen LogP contribution in [0, 0.1) is 6.92 Å². The van der Waals surface area contributed by atoms with Crippen LogP contribution in [0.1, 0.15) is 5.56 Å². The third-order valence-electron chi connectivity index (χ3n) is 3.17. The van der Waals surface area contributed by atoms with Crippen LogP contribution >= 0.6 is 11.6 Å². The van der Waals surface area contributed by atoms with E-state index < -0.39 is 0 Å². The summed E-state index contributed by atoms with van der Waals surface area (Å²) in [6.45, 7) is 2.00. The maximum atomic E-state index is 6.08. The molecular formula is C14H13ClN4O. The Kier molecular flexibility index (Phi) is 2.99. The summed E-state index contributed by atoms with van der Waals surface area (Å²) >= 11 is 6.08. The number of hydrogen-bond acceptors (Lipinski definition) is 4. The number of aryl methyl sites for hydroxylation is 1. The standard InChI is InChI=1S/C14H13ClN4O/c1-7-3-4-17-14-12(7)18-13(19-14)8-5-9(15)10(16)6-11(8)20-2/h3-6H,16H2,1-2H3,(H,17,18,19). The Morgan fingerprint density at radius 1 is 1.35 bits per heavy atom. The number of methoxy groups -OCH3 is 1. The number of nitrogen functional groups attached to an aromatic ring is 1. The van der Waals surface area contributed by atoms with Gasteiger partial charge in [-0.1, -0.05) is 11.6 Å². The first-order valence-corrected chi connectivity index (χ1v) is 6.42. The molecular weight excluding hydrogens is 276 g/mol. The van der Waals surface area contributed by atoms with Gasteiger partial charge >= 0.3 is 0 Å². The number of H-pyrrole nitrogens is 1. The number of aromatic nitrogens is 3. The van der Waals surface area contributed by atoms with Crippen molar-refractivity contribution in [2.75, 3.05) is 12.8 Å². The number of anilines is 1. The zero-order valence-electron chi connectivity index (χ0n) is 11.1. The minimum atomic E-state index is 0.464. The molecule has 1 aromatic carbocycles. The van der Waals surface area contributed by atoms with E-state index in [0.717, 1.165) is 16.6 Å². The first kappa shape index (κ1) is 12.7. The van der Waals surface area contributed by atoms with E-state index >= 15 is 0 Å². The lowest BCUT2D eigenvalue weighted by molar-refractivity contribution is 0.416. The van der Waals surface area contributed by atoms with Crippen molar-refractivity contribution in [2.24, 2.45) is 0 Å². The van der Waals surface area contributed by atoms with Crippen molar-refractivity contribution in [3.05, 3.63) is 35.0 Å². The first-order chi connectivity index (χ1) is 9.60. The van der Waals surface area contributed by atoms with Gasteiger partial charge in [-0.05, 0) is 24.6 Å². The van der Waals surface area contributed by atoms with E-state index in [1.807, 2.05) is 13.0 Å². The highest BCUT2D eigenvalue weighted by Crippen LogP contribution is 2.35. The molecule has 3 rings (SSSR count). The van der Waals surface area contributed by atoms with Crippen molar-refractivity contribution in [1.82, 2.24) is 15.0 Å². The van der Waals surface area contributed by atoms with Crippen molar-refractivity contribution in [1.29, 1.82) is 0 Å². The molecule has 0 radical (unpaired) electrons. The lowest BCUT2D eigenvalue weighted by Crippen LogP contribution is -1.93. The van der Waals surface area contributed by atoms with Crippen LogP contribution in [0.4, 0.5) is 5.69 Å². The van der Waals surface area contributed by atoms with Gasteiger partial charge in [0, 0.05) is 12.3 Å². The highest BCUT2D eigenvalue weighted by molar-refractivity contribution is 6.33. The van der Waals surface area contributed by atoms with Gasteiger partial charge in [0.25, 0.3) is 0 Å². The van der Waals surface area contributed by atoms with Crippen LogP contribution in [0.5, 0.6) is 5.75 Å². The number of nitrogens with zero attached hydrogens (tertiary/aromatic N) is 2. The zero-order chi connectivity index (χ0) is 14.3. The van der Waals surface area contributed by atoms with Crippen LogP contribution in [-0.4, -0.2) is 22.1 Å². The molecule has 0 aliphatic heterocycles. The second kappa shape index (κ2) is 4.68. The summed E-state index contributed by atoms with van der Waals surface area (Å²) in [5.41, 5.74) is 9.65. The van der Waals surface area contributed by atoms with Crippen molar-refractivity contribution in [3.8, 4) is 17.1 Å². The van der Waals surface area contributed by atoms with Crippen LogP contribution in [0.25, 0.3) is 22.6 Å². The van der Waals surface area contributed by atoms with E-state index in [9.17, 15) is 0 Å². The van der Waals surface area contributed by atoms with Gasteiger partial charge in [0.05, 0.1) is 28.9 Å². The average Bonchev–Trinajstić information content (AvgIpc) is 2.86. The molecule has 2 heterocycles. The number of fused-ring (bicyclic) bond motifs is 1. The molecule has 0 saturated carbocycles. The van der Waals surface area contributed by atoms with E-state index in [4.69, 9.17) is 22.1 Å². The van der Waals surface area contributed by atoms with Crippen molar-refractivity contribution in [2.45, 2.75) is 6.92 Å². The maximum absolute atomic E-state index is 6.08. The summed E-state index contributed by atoms with van der Waals surface area (Å²) in [7, 11) is 1.58. The molecule has 0 spiro atoms. The second-order valence-electron chi connectivity index (χ2n) is 4.49. The number of benzene rings is 1. The molecule has 5 nitrogen and oxygen atoms in total. The molecule has 3 N–H and O–H groups in total. The number of nitrogens with one attached hydrogen (secondary N) is 1. The third kappa shape index (κ3) is 1.96. The van der Waals surface area contributed by atoms with Gasteiger partial charge in [-0.15, -0.1) is 0 Å². The molecule has 0 fully saturated rings. The van der Waals surface area contributed by atoms with Gasteiger partial charge in [-0.2, -0.15) is 0 Å². The summed E-state index contributed by atoms with van der Waals surface area (Å²) in [5, 5.41) is 0.464. The number of pyridine rings is 1. The van der Waals surface area contributed by atoms with E-state index in [0.29, 0.717) is 27.9 Å². The normalized spacial score (nSPS) is 10.9. The first-order valence-electron chi connectivity index (χ1n) is 6.05. The van der Waals surface area contributed by atoms with Gasteiger partial charge in [-0.3, -0.25) is 0 Å². The topological polar surface area (TPSA) is 76.8 Å². The zero-order valence-corrected chi connectivity index (χ0v) is 11.8. The number of imidazole rings is 1. The predicted octanol–water partition coefficient (Wildman–Crippen LogP) is 3.18. The van der Waals surface area contributed by atoms with Gasteiger partial charge in [0.2, 0.25) is 0 Å². The Morgan fingerprint density at radius 3 is 2.85 bits per heavy atom. The second-order valence-corrected chi connectivity index (χ2v) is 4.89. The fourth-order valence-corrected chi connectivity index (χ4v) is 2.25. The molecule has 2 aromatic heterocycles. The van der Waals surface area contributed by atoms with Crippen molar-refractivity contribution >= 4 is 28.5 Å². The largest absolute Gasteiger partial charge is 0.496 e. The number of aromatic amines is 1. The maximum Gasteiger partial charge on any atom is 0.178 e. The van der Waals surface area contributed by atoms with E-state index in [-0.39, 0.29) is 0 Å². The highest BCUT2D eigenvalue weighted by atomic mass is 35.5. The SMILES string of the molecule is COc1cc(N)c(Cl)cc1-c1nc2nccc(C)c2[nH]1. The number of rotatable bonds is 2. The predicted molar refractivity (Wildman–Crippen MR) is 80.0 cm³/mol. The number of hydrogen-bond donors (Lipinski definition) is 2. The molecule has 0 bridgehead atoms. The summed E-state index contributed by atoms with van der Waals surface area (Å²) in [6, 6.07) is 5.35. The van der Waals surface area contributed by atoms with Gasteiger partial charge in [0.1, 0.15) is 11.6 Å². The van der Waals surface area contributed by atoms with Crippen LogP contribution in [-0.2, 0) is 0 Å². The molecule has 20 heavy (non-hydrogen) atoms. The van der Waals surface area contributed by atoms with Crippen LogP contribution < -0.4 is 10.5 Å². The van der Waals surface area contributed by atoms with Crippen LogP contribution in [0.15, 0.2) is 24.4 Å². The summed E-state index contributed by atoms with van der Waals surface area (Å²) in [5.74, 6) is 1.27. The highest BCUT2D eigenvalue weighted by Gasteiger charge is 2.14. The Morgan fingerprint density at radius 2 is 2.15 bits per heavy atom. The fourth-order valence-electron chi connectivity index (χ4n) is 2.09. The molecule has 3 aromatic rings. The smallest absolute Gasteiger partial charge is 0.178 e. The molecule has 0 saturated heterocycles. The van der Waals surface area contributed by atoms with E-state index in [2.05, 4.69) is 15.0 Å². The molecule has 0 aliphatic carbocycles. The molecule has 102 valence electrons. The summed E-state index contributed by atoms with van der Waals surface area (Å²) in [4.78, 5) is 12.0. The summed E-state index contributed by atoms with van der Waals surface area (Å²) < 4.78 is 5.34. The monoisotopic (exact) mass is 288 g/mol. The summed E-state index contributed by atoms with van der Waals surface area (Å²) in [6.07, 6.45) is 1.73. The van der Waals surface area contributed by atoms with Gasteiger partial charge < -0.3 is 15.5 Å². The lowest BCUT2D eigenvalue weighted by Gasteiger charge is -2.08. The van der Waals surface area contributed by atoms with Gasteiger partial charge in [0.15, 0.2) is 5.65 Å². The minimum Gasteiger partial charge on any atom is -0.496 e. The lowest BCUT2D eigenvalue weighted by atomic mass is 10.1. The molecule has 0 aliphatic rings. The number of halogens is 1. The van der Waals surface area contributed by atoms with Crippen molar-refractivity contribution < 1.29 is 4.74 Å². The molecule has 6 heteroatoms. The molecule has 0 amide bonds. The van der Waals surface area contributed by atoms with E-state index in [1.54, 1.807) is 25.4 Å². The third-order valence-corrected chi connectivity index (χ3v) is 3.50. The Labute approximate surface area is 120 Å². The van der Waals surface area contributed by atoms with Crippen LogP contribution in [0.3, 0.4) is 0 Å². The van der Waals surface area contributed by atoms with Crippen molar-refractivity contribution in [3.63, 3.8) is 0 Å². The van der Waals surface area contributed by atoms with Crippen LogP contribution in [0.2, 0.25) is 5.02 Å². The van der Waals surface area contributed by atoms with E-state index in [1.165, 1.54) is 0 Å². The fraction of sp³-hybridized carbons (Fsp3) is 0.143. The van der Waals surface area contributed by atoms with Gasteiger partial charge in [-0.25, -0.2) is 9.97 Å². The average molecular weight is 289 g/mol. The Hall–Kier alpha value is -2.27. The number of ether oxygens (including phenoxy) is 1. The molecule has 0 unspecified atom stereocenters.